The van der Waals surface area contributed by atoms with Gasteiger partial charge in [0, 0.05) is 24.4 Å². The molecule has 9 heteroatoms. The minimum absolute atomic E-state index is 0.0810. The number of aromatic nitrogens is 1. The van der Waals surface area contributed by atoms with E-state index >= 15 is 0 Å². The average molecular weight is 415 g/mol. The van der Waals surface area contributed by atoms with Crippen LogP contribution >= 0.6 is 0 Å². The Morgan fingerprint density at radius 1 is 1.03 bits per heavy atom. The van der Waals surface area contributed by atoms with Crippen LogP contribution in [-0.2, 0) is 16.6 Å². The monoisotopic (exact) mass is 415 g/mol. The van der Waals surface area contributed by atoms with Crippen molar-refractivity contribution in [1.29, 1.82) is 0 Å². The van der Waals surface area contributed by atoms with E-state index in [9.17, 15) is 17.6 Å². The Labute approximate surface area is 167 Å². The molecule has 1 amide bonds. The molecule has 1 heterocycles. The van der Waals surface area contributed by atoms with Crippen molar-refractivity contribution in [3.8, 4) is 11.6 Å². The predicted molar refractivity (Wildman–Crippen MR) is 105 cm³/mol. The van der Waals surface area contributed by atoms with Gasteiger partial charge in [0.1, 0.15) is 11.6 Å². The van der Waals surface area contributed by atoms with Crippen molar-refractivity contribution >= 4 is 15.9 Å². The summed E-state index contributed by atoms with van der Waals surface area (Å²) in [6.45, 7) is 0.235. The van der Waals surface area contributed by atoms with Gasteiger partial charge in [-0.25, -0.2) is 22.5 Å². The van der Waals surface area contributed by atoms with Crippen molar-refractivity contribution in [2.45, 2.75) is 11.4 Å². The molecule has 0 saturated heterocycles. The standard InChI is InChI=1S/C20H18FN3O4S/c1-22-29(26,27)18-9-3-15(4-10-18)20(25)24-13-14-2-11-19(23-12-14)28-17-7-5-16(21)6-8-17/h2-12,22H,13H2,1H3,(H,24,25). The molecule has 0 fully saturated rings. The zero-order valence-electron chi connectivity index (χ0n) is 15.4. The number of hydrogen-bond donors (Lipinski definition) is 2. The molecular weight excluding hydrogens is 397 g/mol. The minimum Gasteiger partial charge on any atom is -0.439 e. The lowest BCUT2D eigenvalue weighted by molar-refractivity contribution is 0.0951. The summed E-state index contributed by atoms with van der Waals surface area (Å²) >= 11 is 0. The Hall–Kier alpha value is -3.30. The Kier molecular flexibility index (Phi) is 6.20. The molecule has 0 radical (unpaired) electrons. The zero-order valence-corrected chi connectivity index (χ0v) is 16.2. The van der Waals surface area contributed by atoms with E-state index in [-0.39, 0.29) is 23.2 Å². The number of amides is 1. The number of sulfonamides is 1. The Morgan fingerprint density at radius 2 is 1.72 bits per heavy atom. The molecule has 3 aromatic rings. The first-order valence-electron chi connectivity index (χ1n) is 8.57. The molecule has 0 unspecified atom stereocenters. The number of ether oxygens (including phenoxy) is 1. The van der Waals surface area contributed by atoms with E-state index < -0.39 is 10.0 Å². The summed E-state index contributed by atoms with van der Waals surface area (Å²) in [5, 5.41) is 2.74. The SMILES string of the molecule is CNS(=O)(=O)c1ccc(C(=O)NCc2ccc(Oc3ccc(F)cc3)nc2)cc1. The molecule has 0 atom stereocenters. The average Bonchev–Trinajstić information content (AvgIpc) is 2.74. The highest BCUT2D eigenvalue weighted by Gasteiger charge is 2.12. The van der Waals surface area contributed by atoms with E-state index in [0.29, 0.717) is 17.2 Å². The van der Waals surface area contributed by atoms with Gasteiger partial charge in [-0.2, -0.15) is 0 Å². The van der Waals surface area contributed by atoms with Crippen LogP contribution < -0.4 is 14.8 Å². The van der Waals surface area contributed by atoms with Crippen LogP contribution in [0.5, 0.6) is 11.6 Å². The van der Waals surface area contributed by atoms with E-state index in [2.05, 4.69) is 15.0 Å². The summed E-state index contributed by atoms with van der Waals surface area (Å²) in [6, 6.07) is 14.6. The third-order valence-electron chi connectivity index (χ3n) is 3.98. The van der Waals surface area contributed by atoms with Gasteiger partial charge in [0.2, 0.25) is 15.9 Å². The number of nitrogens with zero attached hydrogens (tertiary/aromatic N) is 1. The normalized spacial score (nSPS) is 11.1. The van der Waals surface area contributed by atoms with Crippen molar-refractivity contribution in [3.05, 3.63) is 83.8 Å². The lowest BCUT2D eigenvalue weighted by Gasteiger charge is -2.08. The van der Waals surface area contributed by atoms with Crippen molar-refractivity contribution in [3.63, 3.8) is 0 Å². The summed E-state index contributed by atoms with van der Waals surface area (Å²) in [7, 11) is -2.23. The molecule has 2 N–H and O–H groups in total. The molecule has 150 valence electrons. The molecule has 0 saturated carbocycles. The van der Waals surface area contributed by atoms with E-state index in [0.717, 1.165) is 5.56 Å². The summed E-state index contributed by atoms with van der Waals surface area (Å²) in [4.78, 5) is 16.5. The molecule has 3 rings (SSSR count). The number of nitrogens with one attached hydrogen (secondary N) is 2. The van der Waals surface area contributed by atoms with E-state index in [1.807, 2.05) is 0 Å². The number of halogens is 1. The quantitative estimate of drug-likeness (QED) is 0.619. The summed E-state index contributed by atoms with van der Waals surface area (Å²) in [5.74, 6) is 0.108. The smallest absolute Gasteiger partial charge is 0.251 e. The van der Waals surface area contributed by atoms with Gasteiger partial charge in [0.05, 0.1) is 4.90 Å². The second kappa shape index (κ2) is 8.80. The van der Waals surface area contributed by atoms with Gasteiger partial charge in [-0.05, 0) is 61.1 Å². The van der Waals surface area contributed by atoms with Gasteiger partial charge in [-0.3, -0.25) is 4.79 Å². The van der Waals surface area contributed by atoms with Gasteiger partial charge in [0.15, 0.2) is 0 Å². The van der Waals surface area contributed by atoms with Crippen LogP contribution in [0.3, 0.4) is 0 Å². The molecule has 0 spiro atoms. The number of hydrogen-bond acceptors (Lipinski definition) is 5. The van der Waals surface area contributed by atoms with Crippen LogP contribution in [0.4, 0.5) is 4.39 Å². The summed E-state index contributed by atoms with van der Waals surface area (Å²) in [5.41, 5.74) is 1.09. The fourth-order valence-electron chi connectivity index (χ4n) is 2.39. The Morgan fingerprint density at radius 3 is 2.31 bits per heavy atom. The minimum atomic E-state index is -3.55. The highest BCUT2D eigenvalue weighted by Crippen LogP contribution is 2.19. The first kappa shape index (κ1) is 20.4. The van der Waals surface area contributed by atoms with Gasteiger partial charge in [0.25, 0.3) is 5.91 Å². The van der Waals surface area contributed by atoms with Crippen LogP contribution in [-0.4, -0.2) is 26.4 Å². The van der Waals surface area contributed by atoms with Crippen molar-refractivity contribution < 1.29 is 22.3 Å². The van der Waals surface area contributed by atoms with Gasteiger partial charge >= 0.3 is 0 Å². The highest BCUT2D eigenvalue weighted by molar-refractivity contribution is 7.89. The van der Waals surface area contributed by atoms with Crippen LogP contribution in [0.25, 0.3) is 0 Å². The zero-order chi connectivity index (χ0) is 20.9. The van der Waals surface area contributed by atoms with E-state index in [1.54, 1.807) is 18.3 Å². The number of carbonyl (C=O) groups excluding carboxylic acids is 1. The molecule has 0 aliphatic rings. The van der Waals surface area contributed by atoms with Crippen LogP contribution in [0.15, 0.2) is 71.8 Å². The van der Waals surface area contributed by atoms with Gasteiger partial charge in [-0.1, -0.05) is 6.07 Å². The highest BCUT2D eigenvalue weighted by atomic mass is 32.2. The van der Waals surface area contributed by atoms with Crippen molar-refractivity contribution in [2.75, 3.05) is 7.05 Å². The van der Waals surface area contributed by atoms with Crippen LogP contribution in [0, 0.1) is 5.82 Å². The molecule has 2 aromatic carbocycles. The first-order chi connectivity index (χ1) is 13.9. The second-order valence-corrected chi connectivity index (χ2v) is 7.86. The predicted octanol–water partition coefficient (Wildman–Crippen LogP) is 2.85. The van der Waals surface area contributed by atoms with Crippen molar-refractivity contribution in [1.82, 2.24) is 15.0 Å². The van der Waals surface area contributed by atoms with Crippen molar-refractivity contribution in [2.24, 2.45) is 0 Å². The molecule has 29 heavy (non-hydrogen) atoms. The van der Waals surface area contributed by atoms with Crippen LogP contribution in [0.2, 0.25) is 0 Å². The first-order valence-corrected chi connectivity index (χ1v) is 10.1. The third kappa shape index (κ3) is 5.37. The topological polar surface area (TPSA) is 97.4 Å². The maximum Gasteiger partial charge on any atom is 0.251 e. The number of pyridine rings is 1. The summed E-state index contributed by atoms with van der Waals surface area (Å²) < 4.78 is 44.0. The number of rotatable bonds is 7. The lowest BCUT2D eigenvalue weighted by Crippen LogP contribution is -2.23. The molecule has 1 aromatic heterocycles. The molecular formula is C20H18FN3O4S. The van der Waals surface area contributed by atoms with E-state index in [4.69, 9.17) is 4.74 Å². The summed E-state index contributed by atoms with van der Waals surface area (Å²) in [6.07, 6.45) is 1.56. The molecule has 0 aliphatic heterocycles. The molecule has 0 aliphatic carbocycles. The Bertz CT molecular complexity index is 1080. The molecule has 0 bridgehead atoms. The van der Waals surface area contributed by atoms with Crippen LogP contribution in [0.1, 0.15) is 15.9 Å². The second-order valence-electron chi connectivity index (χ2n) is 5.98. The van der Waals surface area contributed by atoms with Gasteiger partial charge in [-0.15, -0.1) is 0 Å². The maximum atomic E-state index is 12.9. The number of benzene rings is 2. The number of carbonyl (C=O) groups is 1. The lowest BCUT2D eigenvalue weighted by atomic mass is 10.2. The largest absolute Gasteiger partial charge is 0.439 e. The molecule has 7 nitrogen and oxygen atoms in total. The Balaban J connectivity index is 1.56. The fourth-order valence-corrected chi connectivity index (χ4v) is 3.12. The maximum absolute atomic E-state index is 12.9. The van der Waals surface area contributed by atoms with E-state index in [1.165, 1.54) is 55.6 Å². The third-order valence-corrected chi connectivity index (χ3v) is 5.41. The fraction of sp³-hybridized carbons (Fsp3) is 0.100. The van der Waals surface area contributed by atoms with Gasteiger partial charge < -0.3 is 10.1 Å².